The second kappa shape index (κ2) is 6.54. The lowest BCUT2D eigenvalue weighted by Crippen LogP contribution is -2.28. The van der Waals surface area contributed by atoms with E-state index in [-0.39, 0.29) is 24.3 Å². The molecular weight excluding hydrogens is 340 g/mol. The minimum absolute atomic E-state index is 0.0442. The average molecular weight is 352 g/mol. The number of hydrogen-bond donors (Lipinski definition) is 1. The van der Waals surface area contributed by atoms with Gasteiger partial charge >= 0.3 is 0 Å². The first-order valence-corrected chi connectivity index (χ1v) is 7.36. The van der Waals surface area contributed by atoms with Crippen LogP contribution in [0.3, 0.4) is 0 Å². The van der Waals surface area contributed by atoms with Gasteiger partial charge in [-0.1, -0.05) is 0 Å². The van der Waals surface area contributed by atoms with Crippen LogP contribution >= 0.6 is 0 Å². The molecule has 0 aromatic heterocycles. The van der Waals surface area contributed by atoms with E-state index in [0.29, 0.717) is 6.07 Å². The van der Waals surface area contributed by atoms with Gasteiger partial charge in [0.25, 0.3) is 0 Å². The van der Waals surface area contributed by atoms with Crippen LogP contribution in [0.4, 0.5) is 28.9 Å². The van der Waals surface area contributed by atoms with Crippen molar-refractivity contribution in [3.63, 3.8) is 0 Å². The van der Waals surface area contributed by atoms with Crippen LogP contribution in [0.15, 0.2) is 36.4 Å². The van der Waals surface area contributed by atoms with Crippen molar-refractivity contribution in [2.75, 3.05) is 16.8 Å². The van der Waals surface area contributed by atoms with Crippen molar-refractivity contribution in [1.82, 2.24) is 0 Å². The molecule has 0 aliphatic carbocycles. The van der Waals surface area contributed by atoms with Crippen molar-refractivity contribution in [3.8, 4) is 0 Å². The molecule has 1 N–H and O–H groups in total. The molecule has 2 aromatic carbocycles. The zero-order valence-corrected chi connectivity index (χ0v) is 12.7. The van der Waals surface area contributed by atoms with Crippen molar-refractivity contribution in [2.24, 2.45) is 5.92 Å². The van der Waals surface area contributed by atoms with Crippen molar-refractivity contribution in [2.45, 2.75) is 6.42 Å². The predicted molar refractivity (Wildman–Crippen MR) is 81.8 cm³/mol. The number of carbonyl (C=O) groups is 2. The third kappa shape index (κ3) is 3.47. The van der Waals surface area contributed by atoms with E-state index in [2.05, 4.69) is 5.32 Å². The van der Waals surface area contributed by atoms with Crippen molar-refractivity contribution >= 4 is 23.2 Å². The summed E-state index contributed by atoms with van der Waals surface area (Å²) in [6.07, 6.45) is -0.174. The van der Waals surface area contributed by atoms with Crippen molar-refractivity contribution < 1.29 is 27.2 Å². The third-order valence-electron chi connectivity index (χ3n) is 3.88. The number of anilines is 2. The monoisotopic (exact) mass is 352 g/mol. The van der Waals surface area contributed by atoms with Crippen LogP contribution < -0.4 is 10.2 Å². The average Bonchev–Trinajstić information content (AvgIpc) is 2.93. The zero-order chi connectivity index (χ0) is 18.1. The highest BCUT2D eigenvalue weighted by Gasteiger charge is 2.36. The van der Waals surface area contributed by atoms with Gasteiger partial charge in [0.05, 0.1) is 11.6 Å². The Balaban J connectivity index is 1.73. The summed E-state index contributed by atoms with van der Waals surface area (Å²) >= 11 is 0. The van der Waals surface area contributed by atoms with Crippen LogP contribution in [0, 0.1) is 29.2 Å². The summed E-state index contributed by atoms with van der Waals surface area (Å²) in [7, 11) is 0. The number of amides is 2. The predicted octanol–water partition coefficient (Wildman–Crippen LogP) is 3.23. The third-order valence-corrected chi connectivity index (χ3v) is 3.88. The van der Waals surface area contributed by atoms with E-state index in [0.717, 1.165) is 29.2 Å². The first kappa shape index (κ1) is 16.9. The quantitative estimate of drug-likeness (QED) is 0.863. The molecule has 0 spiro atoms. The number of benzene rings is 2. The summed E-state index contributed by atoms with van der Waals surface area (Å²) in [5.41, 5.74) is -0.0720. The largest absolute Gasteiger partial charge is 0.326 e. The molecule has 0 bridgehead atoms. The maximum atomic E-state index is 13.8. The maximum Gasteiger partial charge on any atom is 0.229 e. The summed E-state index contributed by atoms with van der Waals surface area (Å²) < 4.78 is 52.9. The van der Waals surface area contributed by atoms with E-state index >= 15 is 0 Å². The molecule has 130 valence electrons. The van der Waals surface area contributed by atoms with E-state index in [1.807, 2.05) is 0 Å². The Morgan fingerprint density at radius 3 is 2.44 bits per heavy atom. The molecule has 1 heterocycles. The topological polar surface area (TPSA) is 49.4 Å². The minimum atomic E-state index is -1.12. The lowest BCUT2D eigenvalue weighted by atomic mass is 10.1. The molecule has 3 rings (SSSR count). The molecule has 0 radical (unpaired) electrons. The van der Waals surface area contributed by atoms with E-state index in [9.17, 15) is 27.2 Å². The van der Waals surface area contributed by atoms with Crippen LogP contribution in [0.25, 0.3) is 0 Å². The standard InChI is InChI=1S/C17H12F4N2O2/c18-10-1-4-15(14(21)6-10)23-8-9(5-16(23)24)17(25)22-11-2-3-12(19)13(20)7-11/h1-4,6-7,9H,5,8H2,(H,22,25). The van der Waals surface area contributed by atoms with Gasteiger partial charge in [-0.25, -0.2) is 17.6 Å². The summed E-state index contributed by atoms with van der Waals surface area (Å²) in [5, 5.41) is 2.39. The van der Waals surface area contributed by atoms with Crippen LogP contribution in [0.2, 0.25) is 0 Å². The Hall–Kier alpha value is -2.90. The Kier molecular flexibility index (Phi) is 4.43. The Morgan fingerprint density at radius 1 is 1.00 bits per heavy atom. The van der Waals surface area contributed by atoms with E-state index < -0.39 is 41.0 Å². The van der Waals surface area contributed by atoms with Gasteiger partial charge in [0, 0.05) is 30.8 Å². The zero-order valence-electron chi connectivity index (χ0n) is 12.7. The van der Waals surface area contributed by atoms with Gasteiger partial charge in [0.1, 0.15) is 11.6 Å². The highest BCUT2D eigenvalue weighted by atomic mass is 19.2. The molecule has 4 nitrogen and oxygen atoms in total. The number of rotatable bonds is 3. The van der Waals surface area contributed by atoms with E-state index in [4.69, 9.17) is 0 Å². The van der Waals surface area contributed by atoms with Gasteiger partial charge in [-0.2, -0.15) is 0 Å². The first-order valence-electron chi connectivity index (χ1n) is 7.36. The summed E-state index contributed by atoms with van der Waals surface area (Å²) in [4.78, 5) is 25.3. The molecule has 1 saturated heterocycles. The minimum Gasteiger partial charge on any atom is -0.326 e. The highest BCUT2D eigenvalue weighted by molar-refractivity contribution is 6.03. The summed E-state index contributed by atoms with van der Waals surface area (Å²) in [6, 6.07) is 5.66. The molecular formula is C17H12F4N2O2. The van der Waals surface area contributed by atoms with Gasteiger partial charge in [-0.3, -0.25) is 9.59 Å². The highest BCUT2D eigenvalue weighted by Crippen LogP contribution is 2.28. The number of nitrogens with one attached hydrogen (secondary N) is 1. The Bertz CT molecular complexity index is 857. The van der Waals surface area contributed by atoms with Crippen LogP contribution in [-0.2, 0) is 9.59 Å². The maximum absolute atomic E-state index is 13.8. The molecule has 2 aromatic rings. The Morgan fingerprint density at radius 2 is 1.76 bits per heavy atom. The fourth-order valence-corrected chi connectivity index (χ4v) is 2.63. The number of nitrogens with zero attached hydrogens (tertiary/aromatic N) is 1. The molecule has 1 fully saturated rings. The number of halogens is 4. The lowest BCUT2D eigenvalue weighted by molar-refractivity contribution is -0.122. The molecule has 25 heavy (non-hydrogen) atoms. The first-order chi connectivity index (χ1) is 11.8. The van der Waals surface area contributed by atoms with Gasteiger partial charge in [0.2, 0.25) is 11.8 Å². The molecule has 1 unspecified atom stereocenters. The van der Waals surface area contributed by atoms with Crippen molar-refractivity contribution in [1.29, 1.82) is 0 Å². The number of carbonyl (C=O) groups excluding carboxylic acids is 2. The lowest BCUT2D eigenvalue weighted by Gasteiger charge is -2.17. The Labute approximate surface area is 140 Å². The molecule has 8 heteroatoms. The fraction of sp³-hybridized carbons (Fsp3) is 0.176. The van der Waals surface area contributed by atoms with Crippen LogP contribution in [-0.4, -0.2) is 18.4 Å². The van der Waals surface area contributed by atoms with Crippen molar-refractivity contribution in [3.05, 3.63) is 59.7 Å². The van der Waals surface area contributed by atoms with Gasteiger partial charge in [0.15, 0.2) is 11.6 Å². The SMILES string of the molecule is O=C(Nc1ccc(F)c(F)c1)C1CC(=O)N(c2ccc(F)cc2F)C1. The smallest absolute Gasteiger partial charge is 0.229 e. The normalized spacial score (nSPS) is 17.0. The molecule has 1 aliphatic rings. The second-order valence-electron chi connectivity index (χ2n) is 5.62. The summed E-state index contributed by atoms with van der Waals surface area (Å²) in [5.74, 6) is -5.72. The van der Waals surface area contributed by atoms with E-state index in [1.165, 1.54) is 6.07 Å². The van der Waals surface area contributed by atoms with Gasteiger partial charge in [-0.15, -0.1) is 0 Å². The summed E-state index contributed by atoms with van der Waals surface area (Å²) in [6.45, 7) is -0.100. The van der Waals surface area contributed by atoms with Gasteiger partial charge < -0.3 is 10.2 Å². The van der Waals surface area contributed by atoms with Crippen LogP contribution in [0.1, 0.15) is 6.42 Å². The molecule has 1 atom stereocenters. The molecule has 0 saturated carbocycles. The van der Waals surface area contributed by atoms with Gasteiger partial charge in [-0.05, 0) is 24.3 Å². The molecule has 1 aliphatic heterocycles. The number of hydrogen-bond acceptors (Lipinski definition) is 2. The molecule has 2 amide bonds. The second-order valence-corrected chi connectivity index (χ2v) is 5.62. The van der Waals surface area contributed by atoms with E-state index in [1.54, 1.807) is 0 Å². The fourth-order valence-electron chi connectivity index (χ4n) is 2.63. The van der Waals surface area contributed by atoms with Crippen LogP contribution in [0.5, 0.6) is 0 Å².